The quantitative estimate of drug-likeness (QED) is 0.341. The molecule has 0 saturated heterocycles. The fourth-order valence-corrected chi connectivity index (χ4v) is 3.97. The Morgan fingerprint density at radius 3 is 2.18 bits per heavy atom. The number of nitrogens with one attached hydrogen (secondary N) is 2. The topological polar surface area (TPSA) is 131 Å². The van der Waals surface area contributed by atoms with E-state index in [-0.39, 0.29) is 18.9 Å². The monoisotopic (exact) mass is 468 g/mol. The van der Waals surface area contributed by atoms with E-state index in [9.17, 15) is 19.2 Å². The van der Waals surface area contributed by atoms with Crippen molar-refractivity contribution in [3.8, 4) is 11.1 Å². The van der Waals surface area contributed by atoms with E-state index >= 15 is 0 Å². The van der Waals surface area contributed by atoms with Gasteiger partial charge in [-0.1, -0.05) is 48.5 Å². The molecular weight excluding hydrogens is 440 g/mol. The molecule has 0 spiro atoms. The van der Waals surface area contributed by atoms with Crippen LogP contribution in [0.5, 0.6) is 0 Å². The van der Waals surface area contributed by atoms with Gasteiger partial charge in [-0.05, 0) is 35.1 Å². The number of carbonyl (C=O) groups is 4. The maximum Gasteiger partial charge on any atom is 0.407 e. The van der Waals surface area contributed by atoms with Crippen molar-refractivity contribution >= 4 is 23.9 Å². The van der Waals surface area contributed by atoms with E-state index in [2.05, 4.69) is 27.5 Å². The highest BCUT2D eigenvalue weighted by atomic mass is 16.5. The highest BCUT2D eigenvalue weighted by Gasteiger charge is 2.29. The highest BCUT2D eigenvalue weighted by molar-refractivity contribution is 5.87. The zero-order valence-electron chi connectivity index (χ0n) is 18.9. The SMILES string of the molecule is COC(=O)C[C@H](NC(=O)CCCCNC(=O)OCC1c2ccccc2-c2ccccc21)C(=O)O. The van der Waals surface area contributed by atoms with Gasteiger partial charge in [0.15, 0.2) is 0 Å². The highest BCUT2D eigenvalue weighted by Crippen LogP contribution is 2.44. The first-order valence-electron chi connectivity index (χ1n) is 11.1. The van der Waals surface area contributed by atoms with E-state index in [1.807, 2.05) is 36.4 Å². The number of fused-ring (bicyclic) bond motifs is 3. The smallest absolute Gasteiger partial charge is 0.407 e. The predicted molar refractivity (Wildman–Crippen MR) is 123 cm³/mol. The lowest BCUT2D eigenvalue weighted by molar-refractivity contribution is -0.148. The number of hydrogen-bond donors (Lipinski definition) is 3. The molecule has 0 heterocycles. The molecule has 0 unspecified atom stereocenters. The molecule has 0 saturated carbocycles. The third-order valence-electron chi connectivity index (χ3n) is 5.68. The van der Waals surface area contributed by atoms with Gasteiger partial charge in [0.1, 0.15) is 12.6 Å². The van der Waals surface area contributed by atoms with Crippen LogP contribution in [-0.2, 0) is 23.9 Å². The number of unbranched alkanes of at least 4 members (excludes halogenated alkanes) is 1. The summed E-state index contributed by atoms with van der Waals surface area (Å²) >= 11 is 0. The molecule has 0 radical (unpaired) electrons. The van der Waals surface area contributed by atoms with Crippen molar-refractivity contribution in [2.75, 3.05) is 20.3 Å². The Morgan fingerprint density at radius 1 is 0.971 bits per heavy atom. The fourth-order valence-electron chi connectivity index (χ4n) is 3.97. The number of carbonyl (C=O) groups excluding carboxylic acids is 3. The molecule has 1 atom stereocenters. The minimum absolute atomic E-state index is 0.0194. The number of carboxylic acid groups (broad SMARTS) is 1. The molecule has 3 N–H and O–H groups in total. The predicted octanol–water partition coefficient (Wildman–Crippen LogP) is 2.83. The lowest BCUT2D eigenvalue weighted by Crippen LogP contribution is -2.42. The van der Waals surface area contributed by atoms with E-state index in [0.717, 1.165) is 29.4 Å². The van der Waals surface area contributed by atoms with Crippen molar-refractivity contribution in [3.05, 3.63) is 59.7 Å². The average Bonchev–Trinajstić information content (AvgIpc) is 3.15. The summed E-state index contributed by atoms with van der Waals surface area (Å²) in [6.07, 6.45) is 0.0281. The Kier molecular flexibility index (Phi) is 8.61. The molecule has 2 aromatic carbocycles. The van der Waals surface area contributed by atoms with E-state index in [0.29, 0.717) is 19.4 Å². The molecule has 0 aromatic heterocycles. The van der Waals surface area contributed by atoms with Crippen LogP contribution in [0.25, 0.3) is 11.1 Å². The Hall–Kier alpha value is -3.88. The Balaban J connectivity index is 1.37. The van der Waals surface area contributed by atoms with Crippen molar-refractivity contribution < 1.29 is 33.8 Å². The van der Waals surface area contributed by atoms with E-state index in [1.165, 1.54) is 0 Å². The molecule has 9 nitrogen and oxygen atoms in total. The zero-order chi connectivity index (χ0) is 24.5. The second-order valence-corrected chi connectivity index (χ2v) is 7.95. The van der Waals surface area contributed by atoms with Gasteiger partial charge in [-0.15, -0.1) is 0 Å². The molecule has 1 aliphatic carbocycles. The number of ether oxygens (including phenoxy) is 2. The minimum Gasteiger partial charge on any atom is -0.480 e. The maximum atomic E-state index is 12.2. The first kappa shape index (κ1) is 24.8. The van der Waals surface area contributed by atoms with Crippen LogP contribution >= 0.6 is 0 Å². The molecule has 180 valence electrons. The van der Waals surface area contributed by atoms with Crippen molar-refractivity contribution in [3.63, 3.8) is 0 Å². The third kappa shape index (κ3) is 6.34. The Labute approximate surface area is 197 Å². The number of aliphatic carboxylic acids is 1. The van der Waals surface area contributed by atoms with Crippen LogP contribution in [-0.4, -0.2) is 55.3 Å². The fraction of sp³-hybridized carbons (Fsp3) is 0.360. The summed E-state index contributed by atoms with van der Waals surface area (Å²) in [7, 11) is 1.15. The number of benzene rings is 2. The zero-order valence-corrected chi connectivity index (χ0v) is 18.9. The summed E-state index contributed by atoms with van der Waals surface area (Å²) < 4.78 is 9.88. The number of alkyl carbamates (subject to hydrolysis) is 1. The summed E-state index contributed by atoms with van der Waals surface area (Å²) in [5, 5.41) is 14.1. The summed E-state index contributed by atoms with van der Waals surface area (Å²) in [5.41, 5.74) is 4.58. The van der Waals surface area contributed by atoms with Crippen LogP contribution in [0.1, 0.15) is 42.7 Å². The van der Waals surface area contributed by atoms with E-state index in [4.69, 9.17) is 9.84 Å². The van der Waals surface area contributed by atoms with Crippen LogP contribution in [0.3, 0.4) is 0 Å². The second-order valence-electron chi connectivity index (χ2n) is 7.95. The van der Waals surface area contributed by atoms with E-state index in [1.54, 1.807) is 0 Å². The maximum absolute atomic E-state index is 12.2. The summed E-state index contributed by atoms with van der Waals surface area (Å²) in [4.78, 5) is 46.5. The number of esters is 1. The van der Waals surface area contributed by atoms with Crippen molar-refractivity contribution in [2.45, 2.75) is 37.6 Å². The molecule has 0 aliphatic heterocycles. The molecule has 9 heteroatoms. The first-order chi connectivity index (χ1) is 16.4. The van der Waals surface area contributed by atoms with Gasteiger partial charge in [0.25, 0.3) is 0 Å². The largest absolute Gasteiger partial charge is 0.480 e. The summed E-state index contributed by atoms with van der Waals surface area (Å²) in [6.45, 7) is 0.535. The average molecular weight is 469 g/mol. The van der Waals surface area contributed by atoms with Crippen molar-refractivity contribution in [1.82, 2.24) is 10.6 Å². The molecule has 0 bridgehead atoms. The molecule has 0 fully saturated rings. The van der Waals surface area contributed by atoms with Gasteiger partial charge in [0.2, 0.25) is 5.91 Å². The lowest BCUT2D eigenvalue weighted by atomic mass is 9.98. The van der Waals surface area contributed by atoms with Crippen LogP contribution in [0, 0.1) is 0 Å². The number of methoxy groups -OCH3 is 1. The van der Waals surface area contributed by atoms with Crippen LogP contribution in [0.4, 0.5) is 4.79 Å². The van der Waals surface area contributed by atoms with Crippen LogP contribution in [0.15, 0.2) is 48.5 Å². The van der Waals surface area contributed by atoms with Gasteiger partial charge in [0, 0.05) is 18.9 Å². The van der Waals surface area contributed by atoms with Gasteiger partial charge in [-0.2, -0.15) is 0 Å². The molecular formula is C25H28N2O7. The summed E-state index contributed by atoms with van der Waals surface area (Å²) in [5.74, 6) is -2.54. The van der Waals surface area contributed by atoms with Crippen molar-refractivity contribution in [1.29, 1.82) is 0 Å². The summed E-state index contributed by atoms with van der Waals surface area (Å²) in [6, 6.07) is 14.8. The molecule has 3 rings (SSSR count). The van der Waals surface area contributed by atoms with Crippen LogP contribution in [0.2, 0.25) is 0 Å². The van der Waals surface area contributed by atoms with Gasteiger partial charge in [-0.3, -0.25) is 9.59 Å². The Morgan fingerprint density at radius 2 is 1.59 bits per heavy atom. The van der Waals surface area contributed by atoms with Gasteiger partial charge in [-0.25, -0.2) is 9.59 Å². The number of hydrogen-bond acceptors (Lipinski definition) is 6. The molecule has 2 amide bonds. The third-order valence-corrected chi connectivity index (χ3v) is 5.68. The molecule has 1 aliphatic rings. The lowest BCUT2D eigenvalue weighted by Gasteiger charge is -2.15. The van der Waals surface area contributed by atoms with Gasteiger partial charge >= 0.3 is 18.0 Å². The van der Waals surface area contributed by atoms with E-state index < -0.39 is 36.4 Å². The number of carboxylic acids is 1. The number of rotatable bonds is 11. The minimum atomic E-state index is -1.33. The van der Waals surface area contributed by atoms with Gasteiger partial charge in [0.05, 0.1) is 13.5 Å². The molecule has 2 aromatic rings. The van der Waals surface area contributed by atoms with Gasteiger partial charge < -0.3 is 25.2 Å². The molecule has 34 heavy (non-hydrogen) atoms. The first-order valence-corrected chi connectivity index (χ1v) is 11.1. The normalized spacial score (nSPS) is 12.7. The van der Waals surface area contributed by atoms with Crippen molar-refractivity contribution in [2.24, 2.45) is 0 Å². The Bertz CT molecular complexity index is 1010. The standard InChI is InChI=1S/C25H28N2O7/c1-33-23(29)14-21(24(30)31)27-22(28)12-6-7-13-26-25(32)34-15-20-18-10-4-2-8-16(18)17-9-3-5-11-19(17)20/h2-5,8-11,20-21H,6-7,12-15H2,1H3,(H,26,32)(H,27,28)(H,30,31)/t21-/m0/s1. The second kappa shape index (κ2) is 11.8. The number of amides is 2. The van der Waals surface area contributed by atoms with Crippen LogP contribution < -0.4 is 10.6 Å².